The van der Waals surface area contributed by atoms with Crippen molar-refractivity contribution in [1.29, 1.82) is 0 Å². The number of aliphatic carboxylic acids is 1. The van der Waals surface area contributed by atoms with Crippen LogP contribution in [0.3, 0.4) is 0 Å². The molecule has 0 fully saturated rings. The van der Waals surface area contributed by atoms with Crippen LogP contribution in [-0.2, 0) is 23.8 Å². The number of amides is 1. The molecule has 0 aromatic rings. The first-order valence-electron chi connectivity index (χ1n) is 5.92. The van der Waals surface area contributed by atoms with Gasteiger partial charge in [0.2, 0.25) is 5.91 Å². The van der Waals surface area contributed by atoms with Crippen LogP contribution in [0.5, 0.6) is 0 Å². The zero-order valence-electron chi connectivity index (χ0n) is 11.1. The van der Waals surface area contributed by atoms with E-state index in [0.29, 0.717) is 38.5 Å². The maximum atomic E-state index is 11.1. The van der Waals surface area contributed by atoms with Gasteiger partial charge < -0.3 is 24.6 Å². The molecule has 0 aromatic heterocycles. The molecule has 110 valence electrons. The second kappa shape index (κ2) is 11.6. The Labute approximate surface area is 112 Å². The number of carbonyl (C=O) groups excluding carboxylic acids is 1. The minimum Gasteiger partial charge on any atom is -0.480 e. The smallest absolute Gasteiger partial charge is 0.329 e. The van der Waals surface area contributed by atoms with Crippen molar-refractivity contribution in [2.75, 3.05) is 46.2 Å². The van der Waals surface area contributed by atoms with E-state index in [-0.39, 0.29) is 19.1 Å². The Kier molecular flexibility index (Phi) is 10.8. The van der Waals surface area contributed by atoms with E-state index >= 15 is 0 Å². The van der Waals surface area contributed by atoms with Gasteiger partial charge in [-0.15, -0.1) is 0 Å². The predicted molar refractivity (Wildman–Crippen MR) is 67.9 cm³/mol. The summed E-state index contributed by atoms with van der Waals surface area (Å²) in [6.07, 6.45) is 0. The maximum Gasteiger partial charge on any atom is 0.329 e. The molecule has 0 rings (SSSR count). The second-order valence-electron chi connectivity index (χ2n) is 3.71. The molecular weight excluding hydrogens is 254 g/mol. The number of carbonyl (C=O) groups is 2. The molecule has 0 saturated carbocycles. The largest absolute Gasteiger partial charge is 0.480 e. The highest BCUT2D eigenvalue weighted by molar-refractivity contribution is 5.91. The summed E-state index contributed by atoms with van der Waals surface area (Å²) in [5.74, 6) is -1.18. The van der Waals surface area contributed by atoms with Crippen molar-refractivity contribution < 1.29 is 28.9 Å². The monoisotopic (exact) mass is 275 g/mol. The first-order valence-corrected chi connectivity index (χ1v) is 5.92. The van der Waals surface area contributed by atoms with Gasteiger partial charge in [0.25, 0.3) is 0 Å². The van der Waals surface area contributed by atoms with Crippen LogP contribution in [0.4, 0.5) is 0 Å². The van der Waals surface area contributed by atoms with Crippen LogP contribution in [0, 0.1) is 0 Å². The van der Waals surface area contributed by atoms with E-state index in [0.717, 1.165) is 0 Å². The van der Waals surface area contributed by atoms with E-state index < -0.39 is 5.97 Å². The summed E-state index contributed by atoms with van der Waals surface area (Å²) in [5.41, 5.74) is 0.463. The van der Waals surface area contributed by atoms with Gasteiger partial charge in [-0.1, -0.05) is 6.58 Å². The number of hydrogen-bond acceptors (Lipinski definition) is 5. The standard InChI is InChI=1S/C12H21NO6/c1-10(2)12(16)13-3-4-17-5-6-18-7-8-19-9-11(14)15/h1,3-9H2,2H3,(H,13,16)(H,14,15). The lowest BCUT2D eigenvalue weighted by molar-refractivity contribution is -0.142. The number of carboxylic acids is 1. The lowest BCUT2D eigenvalue weighted by atomic mass is 10.3. The molecule has 7 nitrogen and oxygen atoms in total. The van der Waals surface area contributed by atoms with Gasteiger partial charge >= 0.3 is 5.97 Å². The first-order chi connectivity index (χ1) is 9.04. The topological polar surface area (TPSA) is 94.1 Å². The van der Waals surface area contributed by atoms with Gasteiger partial charge in [-0.25, -0.2) is 4.79 Å². The molecule has 0 bridgehead atoms. The van der Waals surface area contributed by atoms with Crippen LogP contribution in [0.25, 0.3) is 0 Å². The highest BCUT2D eigenvalue weighted by Crippen LogP contribution is 1.85. The number of hydrogen-bond donors (Lipinski definition) is 2. The van der Waals surface area contributed by atoms with E-state index in [2.05, 4.69) is 11.9 Å². The minimum atomic E-state index is -1.000. The molecule has 0 aromatic carbocycles. The maximum absolute atomic E-state index is 11.1. The molecule has 0 radical (unpaired) electrons. The summed E-state index contributed by atoms with van der Waals surface area (Å²) < 4.78 is 15.1. The summed E-state index contributed by atoms with van der Waals surface area (Å²) >= 11 is 0. The Hall–Kier alpha value is -1.44. The third-order valence-electron chi connectivity index (χ3n) is 1.89. The van der Waals surface area contributed by atoms with Gasteiger partial charge in [-0.2, -0.15) is 0 Å². The molecule has 0 heterocycles. The van der Waals surface area contributed by atoms with Crippen molar-refractivity contribution in [3.63, 3.8) is 0 Å². The molecule has 0 saturated heterocycles. The SMILES string of the molecule is C=C(C)C(=O)NCCOCCOCCOCC(=O)O. The number of ether oxygens (including phenoxy) is 3. The highest BCUT2D eigenvalue weighted by atomic mass is 16.5. The van der Waals surface area contributed by atoms with Gasteiger partial charge in [0.1, 0.15) is 6.61 Å². The Balaban J connectivity index is 3.13. The first kappa shape index (κ1) is 17.6. The Morgan fingerprint density at radius 1 is 1.05 bits per heavy atom. The van der Waals surface area contributed by atoms with Crippen molar-refractivity contribution in [1.82, 2.24) is 5.32 Å². The third-order valence-corrected chi connectivity index (χ3v) is 1.89. The summed E-state index contributed by atoms with van der Waals surface area (Å²) in [6.45, 7) is 7.01. The fourth-order valence-corrected chi connectivity index (χ4v) is 0.987. The van der Waals surface area contributed by atoms with E-state index in [1.807, 2.05) is 0 Å². The van der Waals surface area contributed by atoms with Crippen molar-refractivity contribution in [2.45, 2.75) is 6.92 Å². The van der Waals surface area contributed by atoms with Crippen LogP contribution < -0.4 is 5.32 Å². The highest BCUT2D eigenvalue weighted by Gasteiger charge is 1.99. The molecule has 0 atom stereocenters. The predicted octanol–water partition coefficient (Wildman–Crippen LogP) is -0.187. The Morgan fingerprint density at radius 2 is 1.58 bits per heavy atom. The van der Waals surface area contributed by atoms with Crippen LogP contribution in [0.15, 0.2) is 12.2 Å². The number of carboxylic acid groups (broad SMARTS) is 1. The summed E-state index contributed by atoms with van der Waals surface area (Å²) in [6, 6.07) is 0. The molecular formula is C12H21NO6. The molecule has 1 amide bonds. The summed E-state index contributed by atoms with van der Waals surface area (Å²) in [7, 11) is 0. The zero-order valence-corrected chi connectivity index (χ0v) is 11.1. The molecule has 19 heavy (non-hydrogen) atoms. The van der Waals surface area contributed by atoms with Gasteiger partial charge in [0.15, 0.2) is 0 Å². The quantitative estimate of drug-likeness (QED) is 0.379. The van der Waals surface area contributed by atoms with Gasteiger partial charge in [0, 0.05) is 12.1 Å². The fourth-order valence-electron chi connectivity index (χ4n) is 0.987. The van der Waals surface area contributed by atoms with Crippen molar-refractivity contribution in [3.05, 3.63) is 12.2 Å². The van der Waals surface area contributed by atoms with Crippen LogP contribution >= 0.6 is 0 Å². The summed E-state index contributed by atoms with van der Waals surface area (Å²) in [4.78, 5) is 21.2. The lowest BCUT2D eigenvalue weighted by Crippen LogP contribution is -2.27. The molecule has 0 spiro atoms. The third kappa shape index (κ3) is 12.8. The molecule has 0 aliphatic heterocycles. The Bertz CT molecular complexity index is 292. The van der Waals surface area contributed by atoms with Crippen molar-refractivity contribution in [3.8, 4) is 0 Å². The van der Waals surface area contributed by atoms with Gasteiger partial charge in [0.05, 0.1) is 33.0 Å². The number of nitrogens with one attached hydrogen (secondary N) is 1. The lowest BCUT2D eigenvalue weighted by Gasteiger charge is -2.07. The molecule has 0 aliphatic carbocycles. The second-order valence-corrected chi connectivity index (χ2v) is 3.71. The van der Waals surface area contributed by atoms with E-state index in [1.165, 1.54) is 0 Å². The average molecular weight is 275 g/mol. The average Bonchev–Trinajstić information content (AvgIpc) is 2.35. The molecule has 0 aliphatic rings. The molecule has 0 unspecified atom stereocenters. The van der Waals surface area contributed by atoms with E-state index in [9.17, 15) is 9.59 Å². The van der Waals surface area contributed by atoms with Gasteiger partial charge in [-0.05, 0) is 6.92 Å². The van der Waals surface area contributed by atoms with Crippen molar-refractivity contribution >= 4 is 11.9 Å². The minimum absolute atomic E-state index is 0.185. The number of rotatable bonds is 12. The van der Waals surface area contributed by atoms with Crippen LogP contribution in [-0.4, -0.2) is 63.2 Å². The Morgan fingerprint density at radius 3 is 2.11 bits per heavy atom. The normalized spacial score (nSPS) is 10.2. The van der Waals surface area contributed by atoms with Crippen LogP contribution in [0.2, 0.25) is 0 Å². The molecule has 2 N–H and O–H groups in total. The van der Waals surface area contributed by atoms with E-state index in [4.69, 9.17) is 19.3 Å². The fraction of sp³-hybridized carbons (Fsp3) is 0.667. The van der Waals surface area contributed by atoms with Crippen molar-refractivity contribution in [2.24, 2.45) is 0 Å². The van der Waals surface area contributed by atoms with Gasteiger partial charge in [-0.3, -0.25) is 4.79 Å². The molecule has 7 heteroatoms. The zero-order chi connectivity index (χ0) is 14.5. The van der Waals surface area contributed by atoms with E-state index in [1.54, 1.807) is 6.92 Å². The summed E-state index contributed by atoms with van der Waals surface area (Å²) in [5, 5.41) is 10.9. The van der Waals surface area contributed by atoms with Crippen LogP contribution in [0.1, 0.15) is 6.92 Å².